The molecular weight excluding hydrogens is 280 g/mol. The van der Waals surface area contributed by atoms with Crippen LogP contribution in [0.2, 0.25) is 0 Å². The summed E-state index contributed by atoms with van der Waals surface area (Å²) < 4.78 is 5.34. The van der Waals surface area contributed by atoms with Crippen molar-refractivity contribution in [3.05, 3.63) is 53.7 Å². The number of nitrogens with zero attached hydrogens (tertiary/aromatic N) is 2. The fourth-order valence-electron chi connectivity index (χ4n) is 2.49. The fourth-order valence-corrected chi connectivity index (χ4v) is 2.49. The predicted molar refractivity (Wildman–Crippen MR) is 82.7 cm³/mol. The predicted octanol–water partition coefficient (Wildman–Crippen LogP) is 2.28. The van der Waals surface area contributed by atoms with Gasteiger partial charge in [0.1, 0.15) is 0 Å². The molecule has 0 atom stereocenters. The van der Waals surface area contributed by atoms with E-state index in [9.17, 15) is 4.79 Å². The molecule has 1 aromatic heterocycles. The number of benzene rings is 1. The molecular formula is C17H18N2O3. The van der Waals surface area contributed by atoms with E-state index < -0.39 is 5.97 Å². The second-order valence-corrected chi connectivity index (χ2v) is 5.32. The summed E-state index contributed by atoms with van der Waals surface area (Å²) in [4.78, 5) is 17.7. The summed E-state index contributed by atoms with van der Waals surface area (Å²) >= 11 is 0. The molecule has 0 aliphatic carbocycles. The lowest BCUT2D eigenvalue weighted by Gasteiger charge is -2.26. The first kappa shape index (κ1) is 14.7. The highest BCUT2D eigenvalue weighted by molar-refractivity contribution is 5.88. The Labute approximate surface area is 129 Å². The van der Waals surface area contributed by atoms with Crippen LogP contribution in [-0.4, -0.2) is 47.3 Å². The van der Waals surface area contributed by atoms with Gasteiger partial charge in [0, 0.05) is 31.4 Å². The quantitative estimate of drug-likeness (QED) is 0.938. The van der Waals surface area contributed by atoms with Crippen LogP contribution in [-0.2, 0) is 11.3 Å². The summed E-state index contributed by atoms with van der Waals surface area (Å²) in [6, 6.07) is 10.8. The van der Waals surface area contributed by atoms with Crippen molar-refractivity contribution in [3.8, 4) is 11.3 Å². The molecule has 0 radical (unpaired) electrons. The number of ether oxygens (including phenoxy) is 1. The number of hydrogen-bond donors (Lipinski definition) is 1. The summed E-state index contributed by atoms with van der Waals surface area (Å²) in [5, 5.41) is 8.91. The van der Waals surface area contributed by atoms with Gasteiger partial charge < -0.3 is 9.84 Å². The number of rotatable bonds is 4. The van der Waals surface area contributed by atoms with Crippen molar-refractivity contribution >= 4 is 5.97 Å². The van der Waals surface area contributed by atoms with Gasteiger partial charge in [0.05, 0.1) is 24.5 Å². The third-order valence-electron chi connectivity index (χ3n) is 3.76. The van der Waals surface area contributed by atoms with Crippen molar-refractivity contribution in [1.29, 1.82) is 0 Å². The number of hydrogen-bond acceptors (Lipinski definition) is 4. The molecule has 1 saturated heterocycles. The summed E-state index contributed by atoms with van der Waals surface area (Å²) in [7, 11) is 0. The fraction of sp³-hybridized carbons (Fsp3) is 0.294. The Balaban J connectivity index is 1.69. The van der Waals surface area contributed by atoms with E-state index in [1.165, 1.54) is 5.56 Å². The third kappa shape index (κ3) is 3.50. The molecule has 1 aromatic carbocycles. The summed E-state index contributed by atoms with van der Waals surface area (Å²) in [5.41, 5.74) is 3.23. The number of carboxylic acids is 1. The van der Waals surface area contributed by atoms with Crippen LogP contribution in [0.1, 0.15) is 15.9 Å². The van der Waals surface area contributed by atoms with E-state index in [0.29, 0.717) is 0 Å². The minimum absolute atomic E-state index is 0.285. The molecule has 0 spiro atoms. The SMILES string of the molecule is O=C(O)c1ccc(-c2ccc(CN3CCOCC3)cn2)cc1. The monoisotopic (exact) mass is 298 g/mol. The summed E-state index contributed by atoms with van der Waals surface area (Å²) in [5.74, 6) is -0.916. The van der Waals surface area contributed by atoms with Crippen LogP contribution < -0.4 is 0 Å². The number of pyridine rings is 1. The van der Waals surface area contributed by atoms with E-state index >= 15 is 0 Å². The maximum Gasteiger partial charge on any atom is 0.335 e. The molecule has 0 unspecified atom stereocenters. The maximum atomic E-state index is 10.9. The molecule has 114 valence electrons. The van der Waals surface area contributed by atoms with Crippen LogP contribution in [0.5, 0.6) is 0 Å². The second-order valence-electron chi connectivity index (χ2n) is 5.32. The Bertz CT molecular complexity index is 632. The van der Waals surface area contributed by atoms with Crippen LogP contribution >= 0.6 is 0 Å². The molecule has 1 aliphatic heterocycles. The molecule has 0 saturated carbocycles. The standard InChI is InChI=1S/C17H18N2O3/c20-17(21)15-4-2-14(3-5-15)16-6-1-13(11-18-16)12-19-7-9-22-10-8-19/h1-6,11H,7-10,12H2,(H,20,21). The van der Waals surface area contributed by atoms with E-state index in [1.807, 2.05) is 12.3 Å². The van der Waals surface area contributed by atoms with Crippen molar-refractivity contribution in [1.82, 2.24) is 9.88 Å². The van der Waals surface area contributed by atoms with Gasteiger partial charge in [-0.3, -0.25) is 9.88 Å². The van der Waals surface area contributed by atoms with E-state index in [-0.39, 0.29) is 5.56 Å². The van der Waals surface area contributed by atoms with E-state index in [2.05, 4.69) is 16.0 Å². The maximum absolute atomic E-state index is 10.9. The molecule has 0 bridgehead atoms. The van der Waals surface area contributed by atoms with Crippen molar-refractivity contribution < 1.29 is 14.6 Å². The van der Waals surface area contributed by atoms with Gasteiger partial charge in [0.2, 0.25) is 0 Å². The van der Waals surface area contributed by atoms with Crippen molar-refractivity contribution in [2.24, 2.45) is 0 Å². The zero-order chi connectivity index (χ0) is 15.4. The Hall–Kier alpha value is -2.24. The highest BCUT2D eigenvalue weighted by Crippen LogP contribution is 2.18. The Morgan fingerprint density at radius 1 is 1.14 bits per heavy atom. The van der Waals surface area contributed by atoms with E-state index in [0.717, 1.165) is 44.1 Å². The van der Waals surface area contributed by atoms with Gasteiger partial charge in [0.25, 0.3) is 0 Å². The van der Waals surface area contributed by atoms with Gasteiger partial charge >= 0.3 is 5.97 Å². The molecule has 1 N–H and O–H groups in total. The number of aromatic carboxylic acids is 1. The number of aromatic nitrogens is 1. The lowest BCUT2D eigenvalue weighted by Crippen LogP contribution is -2.35. The van der Waals surface area contributed by atoms with Gasteiger partial charge in [-0.1, -0.05) is 18.2 Å². The summed E-state index contributed by atoms with van der Waals surface area (Å²) in [6.45, 7) is 4.38. The lowest BCUT2D eigenvalue weighted by atomic mass is 10.1. The topological polar surface area (TPSA) is 62.7 Å². The molecule has 5 nitrogen and oxygen atoms in total. The van der Waals surface area contributed by atoms with Gasteiger partial charge in [-0.05, 0) is 23.8 Å². The Kier molecular flexibility index (Phi) is 4.46. The van der Waals surface area contributed by atoms with Gasteiger partial charge in [-0.2, -0.15) is 0 Å². The van der Waals surface area contributed by atoms with Crippen LogP contribution in [0, 0.1) is 0 Å². The van der Waals surface area contributed by atoms with Crippen LogP contribution in [0.4, 0.5) is 0 Å². The largest absolute Gasteiger partial charge is 0.478 e. The molecule has 0 amide bonds. The molecule has 3 rings (SSSR count). The summed E-state index contributed by atoms with van der Waals surface area (Å²) in [6.07, 6.45) is 1.88. The van der Waals surface area contributed by atoms with E-state index in [4.69, 9.17) is 9.84 Å². The zero-order valence-corrected chi connectivity index (χ0v) is 12.2. The molecule has 1 aliphatic rings. The zero-order valence-electron chi connectivity index (χ0n) is 12.2. The van der Waals surface area contributed by atoms with Crippen LogP contribution in [0.15, 0.2) is 42.6 Å². The Morgan fingerprint density at radius 2 is 1.86 bits per heavy atom. The number of carbonyl (C=O) groups is 1. The highest BCUT2D eigenvalue weighted by Gasteiger charge is 2.11. The normalized spacial score (nSPS) is 15.6. The molecule has 2 heterocycles. The first-order valence-corrected chi connectivity index (χ1v) is 7.31. The van der Waals surface area contributed by atoms with Crippen LogP contribution in [0.3, 0.4) is 0 Å². The molecule has 5 heteroatoms. The average Bonchev–Trinajstić information content (AvgIpc) is 2.57. The third-order valence-corrected chi connectivity index (χ3v) is 3.76. The number of morpholine rings is 1. The number of carboxylic acid groups (broad SMARTS) is 1. The minimum Gasteiger partial charge on any atom is -0.478 e. The average molecular weight is 298 g/mol. The highest BCUT2D eigenvalue weighted by atomic mass is 16.5. The molecule has 2 aromatic rings. The van der Waals surface area contributed by atoms with Gasteiger partial charge in [0.15, 0.2) is 0 Å². The van der Waals surface area contributed by atoms with Crippen molar-refractivity contribution in [2.75, 3.05) is 26.3 Å². The first-order valence-electron chi connectivity index (χ1n) is 7.31. The molecule has 1 fully saturated rings. The Morgan fingerprint density at radius 3 is 2.45 bits per heavy atom. The smallest absolute Gasteiger partial charge is 0.335 e. The lowest BCUT2D eigenvalue weighted by molar-refractivity contribution is 0.0341. The second kappa shape index (κ2) is 6.68. The van der Waals surface area contributed by atoms with Crippen molar-refractivity contribution in [2.45, 2.75) is 6.54 Å². The van der Waals surface area contributed by atoms with Crippen molar-refractivity contribution in [3.63, 3.8) is 0 Å². The minimum atomic E-state index is -0.916. The van der Waals surface area contributed by atoms with Gasteiger partial charge in [-0.15, -0.1) is 0 Å². The van der Waals surface area contributed by atoms with E-state index in [1.54, 1.807) is 24.3 Å². The van der Waals surface area contributed by atoms with Gasteiger partial charge in [-0.25, -0.2) is 4.79 Å². The molecule has 22 heavy (non-hydrogen) atoms. The first-order chi connectivity index (χ1) is 10.7. The van der Waals surface area contributed by atoms with Crippen LogP contribution in [0.25, 0.3) is 11.3 Å².